The first-order valence-corrected chi connectivity index (χ1v) is 7.92. The third-order valence-electron chi connectivity index (χ3n) is 4.76. The Morgan fingerprint density at radius 3 is 2.80 bits per heavy atom. The average Bonchev–Trinajstić information content (AvgIpc) is 3.01. The van der Waals surface area contributed by atoms with Crippen molar-refractivity contribution < 1.29 is 4.79 Å². The maximum atomic E-state index is 12.8. The molecule has 1 saturated carbocycles. The van der Waals surface area contributed by atoms with Gasteiger partial charge in [-0.2, -0.15) is 0 Å². The monoisotopic (exact) mass is 272 g/mol. The third kappa shape index (κ3) is 2.54. The Balaban J connectivity index is 1.71. The maximum absolute atomic E-state index is 12.8. The van der Waals surface area contributed by atoms with Gasteiger partial charge >= 0.3 is 0 Å². The third-order valence-corrected chi connectivity index (χ3v) is 4.76. The van der Waals surface area contributed by atoms with Gasteiger partial charge in [0.15, 0.2) is 0 Å². The number of fused-ring (bicyclic) bond motifs is 1. The fraction of sp³-hybridized carbons (Fsp3) is 0.588. The number of nitrogens with one attached hydrogen (secondary N) is 1. The lowest BCUT2D eigenvalue weighted by Gasteiger charge is -2.34. The first kappa shape index (κ1) is 13.5. The van der Waals surface area contributed by atoms with Crippen molar-refractivity contribution in [3.63, 3.8) is 0 Å². The number of hydrogen-bond acceptors (Lipinski definition) is 2. The molecule has 0 radical (unpaired) electrons. The molecule has 0 bridgehead atoms. The lowest BCUT2D eigenvalue weighted by Crippen LogP contribution is -2.45. The van der Waals surface area contributed by atoms with Gasteiger partial charge in [-0.15, -0.1) is 0 Å². The van der Waals surface area contributed by atoms with E-state index in [1.165, 1.54) is 36.9 Å². The molecule has 0 saturated heterocycles. The largest absolute Gasteiger partial charge is 0.384 e. The van der Waals surface area contributed by atoms with E-state index in [-0.39, 0.29) is 5.92 Å². The highest BCUT2D eigenvalue weighted by atomic mass is 16.2. The van der Waals surface area contributed by atoms with E-state index in [2.05, 4.69) is 35.3 Å². The van der Waals surface area contributed by atoms with Gasteiger partial charge in [-0.25, -0.2) is 0 Å². The quantitative estimate of drug-likeness (QED) is 0.917. The SMILES string of the molecule is CCN(C(=O)C1CNc2ccccc2C1)C1CCCC1. The van der Waals surface area contributed by atoms with Crippen LogP contribution in [0.1, 0.15) is 38.2 Å². The fourth-order valence-electron chi connectivity index (χ4n) is 3.66. The van der Waals surface area contributed by atoms with Crippen LogP contribution in [0, 0.1) is 5.92 Å². The molecule has 0 spiro atoms. The van der Waals surface area contributed by atoms with E-state index in [4.69, 9.17) is 0 Å². The molecule has 1 aliphatic carbocycles. The van der Waals surface area contributed by atoms with Crippen molar-refractivity contribution in [3.05, 3.63) is 29.8 Å². The van der Waals surface area contributed by atoms with Crippen LogP contribution in [0.25, 0.3) is 0 Å². The van der Waals surface area contributed by atoms with Gasteiger partial charge in [0.25, 0.3) is 0 Å². The number of nitrogens with zero attached hydrogens (tertiary/aromatic N) is 1. The van der Waals surface area contributed by atoms with E-state index in [1.54, 1.807) is 0 Å². The van der Waals surface area contributed by atoms with Crippen molar-refractivity contribution in [3.8, 4) is 0 Å². The lowest BCUT2D eigenvalue weighted by atomic mass is 9.92. The number of hydrogen-bond donors (Lipinski definition) is 1. The molecule has 1 heterocycles. The van der Waals surface area contributed by atoms with Crippen LogP contribution >= 0.6 is 0 Å². The van der Waals surface area contributed by atoms with Gasteiger partial charge in [-0.1, -0.05) is 31.0 Å². The first-order valence-electron chi connectivity index (χ1n) is 7.92. The predicted octanol–water partition coefficient (Wildman–Crippen LogP) is 3.06. The van der Waals surface area contributed by atoms with Crippen LogP contribution in [0.15, 0.2) is 24.3 Å². The summed E-state index contributed by atoms with van der Waals surface area (Å²) in [5.74, 6) is 0.451. The Hall–Kier alpha value is -1.51. The van der Waals surface area contributed by atoms with Gasteiger partial charge in [-0.05, 0) is 37.8 Å². The molecule has 1 atom stereocenters. The van der Waals surface area contributed by atoms with Crippen molar-refractivity contribution in [1.82, 2.24) is 4.90 Å². The Bertz CT molecular complexity index is 480. The summed E-state index contributed by atoms with van der Waals surface area (Å²) in [5.41, 5.74) is 2.47. The standard InChI is InChI=1S/C17H24N2O/c1-2-19(15-8-4-5-9-15)17(20)14-11-13-7-3-6-10-16(13)18-12-14/h3,6-7,10,14-15,18H,2,4-5,8-9,11-12H2,1H3. The van der Waals surface area contributed by atoms with Crippen LogP contribution in [-0.2, 0) is 11.2 Å². The van der Waals surface area contributed by atoms with E-state index in [0.29, 0.717) is 11.9 Å². The smallest absolute Gasteiger partial charge is 0.228 e. The second kappa shape index (κ2) is 5.86. The van der Waals surface area contributed by atoms with Crippen LogP contribution < -0.4 is 5.32 Å². The minimum atomic E-state index is 0.102. The zero-order valence-corrected chi connectivity index (χ0v) is 12.3. The van der Waals surface area contributed by atoms with E-state index in [9.17, 15) is 4.79 Å². The molecule has 1 aliphatic heterocycles. The molecule has 1 N–H and O–H groups in total. The van der Waals surface area contributed by atoms with E-state index in [0.717, 1.165) is 19.5 Å². The zero-order chi connectivity index (χ0) is 13.9. The molecule has 2 aliphatic rings. The highest BCUT2D eigenvalue weighted by Gasteiger charge is 2.32. The highest BCUT2D eigenvalue weighted by Crippen LogP contribution is 2.28. The number of rotatable bonds is 3. The minimum absolute atomic E-state index is 0.102. The molecule has 1 amide bonds. The molecule has 20 heavy (non-hydrogen) atoms. The minimum Gasteiger partial charge on any atom is -0.384 e. The molecule has 1 unspecified atom stereocenters. The van der Waals surface area contributed by atoms with Gasteiger partial charge in [0, 0.05) is 24.8 Å². The Morgan fingerprint density at radius 2 is 2.05 bits per heavy atom. The van der Waals surface area contributed by atoms with Crippen LogP contribution in [0.4, 0.5) is 5.69 Å². The van der Waals surface area contributed by atoms with Crippen LogP contribution in [0.2, 0.25) is 0 Å². The van der Waals surface area contributed by atoms with E-state index in [1.807, 2.05) is 6.07 Å². The molecular formula is C17H24N2O. The number of benzene rings is 1. The Labute approximate surface area is 121 Å². The predicted molar refractivity (Wildman–Crippen MR) is 81.8 cm³/mol. The van der Waals surface area contributed by atoms with Gasteiger partial charge in [0.05, 0.1) is 5.92 Å². The van der Waals surface area contributed by atoms with Crippen molar-refractivity contribution >= 4 is 11.6 Å². The molecule has 108 valence electrons. The Kier molecular flexibility index (Phi) is 3.95. The van der Waals surface area contributed by atoms with Crippen LogP contribution in [0.3, 0.4) is 0 Å². The van der Waals surface area contributed by atoms with Gasteiger partial charge in [0.2, 0.25) is 5.91 Å². The summed E-state index contributed by atoms with van der Waals surface area (Å²) in [6.07, 6.45) is 5.82. The molecule has 3 heteroatoms. The molecule has 1 aromatic carbocycles. The van der Waals surface area contributed by atoms with E-state index >= 15 is 0 Å². The van der Waals surface area contributed by atoms with Gasteiger partial charge < -0.3 is 10.2 Å². The summed E-state index contributed by atoms with van der Waals surface area (Å²) in [7, 11) is 0. The van der Waals surface area contributed by atoms with Crippen molar-refractivity contribution in [2.45, 2.75) is 45.1 Å². The van der Waals surface area contributed by atoms with Crippen LogP contribution in [0.5, 0.6) is 0 Å². The normalized spacial score (nSPS) is 22.1. The maximum Gasteiger partial charge on any atom is 0.228 e. The number of carbonyl (C=O) groups excluding carboxylic acids is 1. The summed E-state index contributed by atoms with van der Waals surface area (Å²) in [5, 5.41) is 3.42. The second-order valence-electron chi connectivity index (χ2n) is 6.00. The Morgan fingerprint density at radius 1 is 1.30 bits per heavy atom. The van der Waals surface area contributed by atoms with Crippen molar-refractivity contribution in [2.75, 3.05) is 18.4 Å². The highest BCUT2D eigenvalue weighted by molar-refractivity contribution is 5.81. The summed E-state index contributed by atoms with van der Waals surface area (Å²) in [6.45, 7) is 3.74. The summed E-state index contributed by atoms with van der Waals surface area (Å²) < 4.78 is 0. The van der Waals surface area contributed by atoms with Gasteiger partial charge in [-0.3, -0.25) is 4.79 Å². The fourth-order valence-corrected chi connectivity index (χ4v) is 3.66. The number of anilines is 1. The summed E-state index contributed by atoms with van der Waals surface area (Å²) in [4.78, 5) is 14.9. The zero-order valence-electron chi connectivity index (χ0n) is 12.3. The molecule has 0 aromatic heterocycles. The van der Waals surface area contributed by atoms with Crippen molar-refractivity contribution in [1.29, 1.82) is 0 Å². The molecule has 1 fully saturated rings. The number of carbonyl (C=O) groups is 1. The number of amides is 1. The molecule has 3 rings (SSSR count). The van der Waals surface area contributed by atoms with Gasteiger partial charge in [0.1, 0.15) is 0 Å². The lowest BCUT2D eigenvalue weighted by molar-refractivity contribution is -0.137. The van der Waals surface area contributed by atoms with Crippen LogP contribution in [-0.4, -0.2) is 29.9 Å². The van der Waals surface area contributed by atoms with Crippen molar-refractivity contribution in [2.24, 2.45) is 5.92 Å². The summed E-state index contributed by atoms with van der Waals surface area (Å²) >= 11 is 0. The average molecular weight is 272 g/mol. The second-order valence-corrected chi connectivity index (χ2v) is 6.00. The summed E-state index contributed by atoms with van der Waals surface area (Å²) in [6, 6.07) is 8.83. The van der Waals surface area contributed by atoms with E-state index < -0.39 is 0 Å². The first-order chi connectivity index (χ1) is 9.79. The molecule has 1 aromatic rings. The molecular weight excluding hydrogens is 248 g/mol. The number of para-hydroxylation sites is 1. The molecule has 3 nitrogen and oxygen atoms in total. The topological polar surface area (TPSA) is 32.3 Å².